The Labute approximate surface area is 227 Å². The maximum absolute atomic E-state index is 13.3. The molecule has 6 N–H and O–H groups in total. The zero-order valence-electron chi connectivity index (χ0n) is 21.0. The number of nitrogens with one attached hydrogen (secondary N) is 1. The number of nitrogen functional groups attached to an aromatic ring is 1. The summed E-state index contributed by atoms with van der Waals surface area (Å²) >= 11 is 0. The fraction of sp³-hybridized carbons (Fsp3) is 0.391. The van der Waals surface area contributed by atoms with Crippen molar-refractivity contribution in [1.29, 1.82) is 0 Å². The number of aryl methyl sites for hydroxylation is 1. The average Bonchev–Trinajstić information content (AvgIpc) is 3.50. The van der Waals surface area contributed by atoms with Crippen LogP contribution in [0.1, 0.15) is 36.9 Å². The Morgan fingerprint density at radius 2 is 1.73 bits per heavy atom. The van der Waals surface area contributed by atoms with E-state index in [2.05, 4.69) is 14.7 Å². The molecule has 0 saturated heterocycles. The van der Waals surface area contributed by atoms with Crippen LogP contribution >= 0.6 is 0 Å². The van der Waals surface area contributed by atoms with Crippen molar-refractivity contribution >= 4 is 33.4 Å². The monoisotopic (exact) mass is 608 g/mol. The van der Waals surface area contributed by atoms with E-state index < -0.39 is 56.7 Å². The van der Waals surface area contributed by atoms with E-state index >= 15 is 0 Å². The molecular weight excluding hydrogens is 586 g/mol. The molecule has 41 heavy (non-hydrogen) atoms. The quantitative estimate of drug-likeness (QED) is 0.319. The fourth-order valence-corrected chi connectivity index (χ4v) is 6.69. The largest absolute Gasteiger partial charge is 0.490 e. The molecule has 1 aromatic carbocycles. The number of sulfonamides is 1. The van der Waals surface area contributed by atoms with Crippen LogP contribution in [-0.4, -0.2) is 51.5 Å². The molecule has 0 aliphatic heterocycles. The molecule has 3 aliphatic rings. The Morgan fingerprint density at radius 3 is 2.24 bits per heavy atom. The van der Waals surface area contributed by atoms with Gasteiger partial charge in [0, 0.05) is 17.3 Å². The zero-order valence-corrected chi connectivity index (χ0v) is 21.8. The van der Waals surface area contributed by atoms with E-state index in [1.807, 2.05) is 0 Å². The second kappa shape index (κ2) is 9.57. The highest BCUT2D eigenvalue weighted by Crippen LogP contribution is 2.61. The fourth-order valence-electron chi connectivity index (χ4n) is 5.23. The summed E-state index contributed by atoms with van der Waals surface area (Å²) in [7, 11) is -3.99. The number of aliphatic carboxylic acids is 1. The molecule has 1 amide bonds. The lowest BCUT2D eigenvalue weighted by Crippen LogP contribution is -2.58. The summed E-state index contributed by atoms with van der Waals surface area (Å²) in [6, 6.07) is 4.38. The number of rotatable bonds is 5. The Balaban J connectivity index is 0.000000493. The number of fused-ring (bicyclic) bond motifs is 2. The van der Waals surface area contributed by atoms with Gasteiger partial charge in [0.1, 0.15) is 0 Å². The summed E-state index contributed by atoms with van der Waals surface area (Å²) in [5.41, 5.74) is 9.87. The van der Waals surface area contributed by atoms with Crippen molar-refractivity contribution in [3.05, 3.63) is 41.9 Å². The maximum Gasteiger partial charge on any atom is 0.490 e. The summed E-state index contributed by atoms with van der Waals surface area (Å²) in [6.07, 6.45) is -5.96. The minimum Gasteiger partial charge on any atom is -0.475 e. The van der Waals surface area contributed by atoms with Gasteiger partial charge < -0.3 is 16.6 Å². The topological polar surface area (TPSA) is 183 Å². The predicted octanol–water partition coefficient (Wildman–Crippen LogP) is 3.02. The number of alkyl halides is 6. The summed E-state index contributed by atoms with van der Waals surface area (Å²) < 4.78 is 102. The number of imidazole rings is 1. The number of benzene rings is 1. The highest BCUT2D eigenvalue weighted by Gasteiger charge is 2.65. The molecule has 0 spiro atoms. The minimum absolute atomic E-state index is 0.0240. The van der Waals surface area contributed by atoms with E-state index in [1.54, 1.807) is 13.0 Å². The van der Waals surface area contributed by atoms with Crippen LogP contribution in [0.5, 0.6) is 0 Å². The Bertz CT molecular complexity index is 1660. The van der Waals surface area contributed by atoms with Crippen molar-refractivity contribution in [3.63, 3.8) is 0 Å². The number of carbonyl (C=O) groups is 2. The molecule has 2 bridgehead atoms. The van der Waals surface area contributed by atoms with Crippen molar-refractivity contribution < 1.29 is 49.5 Å². The van der Waals surface area contributed by atoms with Crippen LogP contribution in [0, 0.1) is 12.3 Å². The molecule has 2 aromatic heterocycles. The number of carboxylic acid groups (broad SMARTS) is 1. The molecule has 0 unspecified atom stereocenters. The van der Waals surface area contributed by atoms with Crippen molar-refractivity contribution in [1.82, 2.24) is 19.1 Å². The normalized spacial score (nSPS) is 22.1. The minimum atomic E-state index is -5.08. The second-order valence-corrected chi connectivity index (χ2v) is 11.7. The first-order valence-electron chi connectivity index (χ1n) is 11.7. The van der Waals surface area contributed by atoms with Gasteiger partial charge in [0.25, 0.3) is 0 Å². The van der Waals surface area contributed by atoms with Crippen LogP contribution in [0.4, 0.5) is 32.2 Å². The SMILES string of the molecule is Cc1ccc(S(=O)(=O)NC23CCC(C(N)=O)(C2)C3)cc1-c1cnc2c(N)nc(C(F)(F)F)cn12.O=C(O)C(F)(F)F. The van der Waals surface area contributed by atoms with Crippen LogP contribution < -0.4 is 16.2 Å². The summed E-state index contributed by atoms with van der Waals surface area (Å²) in [6.45, 7) is 1.70. The molecule has 0 radical (unpaired) electrons. The number of nitrogens with two attached hydrogens (primary N) is 2. The highest BCUT2D eigenvalue weighted by molar-refractivity contribution is 7.89. The number of nitrogens with zero attached hydrogens (tertiary/aromatic N) is 3. The van der Waals surface area contributed by atoms with Crippen LogP contribution in [-0.2, 0) is 25.8 Å². The predicted molar refractivity (Wildman–Crippen MR) is 129 cm³/mol. The van der Waals surface area contributed by atoms with Crippen molar-refractivity contribution in [3.8, 4) is 11.3 Å². The van der Waals surface area contributed by atoms with E-state index in [0.717, 1.165) is 10.6 Å². The number of amides is 1. The van der Waals surface area contributed by atoms with E-state index in [9.17, 15) is 39.6 Å². The third kappa shape index (κ3) is 5.52. The van der Waals surface area contributed by atoms with Gasteiger partial charge in [0.05, 0.1) is 22.2 Å². The van der Waals surface area contributed by atoms with Crippen LogP contribution in [0.3, 0.4) is 0 Å². The van der Waals surface area contributed by atoms with Gasteiger partial charge >= 0.3 is 18.3 Å². The molecule has 2 heterocycles. The van der Waals surface area contributed by atoms with Crippen molar-refractivity contribution in [2.24, 2.45) is 11.1 Å². The number of aromatic nitrogens is 3. The van der Waals surface area contributed by atoms with E-state index in [1.165, 1.54) is 18.3 Å². The average molecular weight is 609 g/mol. The first-order chi connectivity index (χ1) is 18.7. The van der Waals surface area contributed by atoms with Crippen molar-refractivity contribution in [2.45, 2.75) is 55.4 Å². The Hall–Kier alpha value is -3.93. The zero-order chi connectivity index (χ0) is 30.8. The first-order valence-corrected chi connectivity index (χ1v) is 13.1. The van der Waals surface area contributed by atoms with Gasteiger partial charge in [-0.3, -0.25) is 9.20 Å². The molecule has 222 valence electrons. The Kier molecular flexibility index (Phi) is 7.01. The molecule has 3 aliphatic carbocycles. The molecular formula is C23H22F6N6O5S. The van der Waals surface area contributed by atoms with Gasteiger partial charge in [-0.25, -0.2) is 27.9 Å². The third-order valence-corrected chi connectivity index (χ3v) is 8.73. The summed E-state index contributed by atoms with van der Waals surface area (Å²) in [4.78, 5) is 28.0. The lowest BCUT2D eigenvalue weighted by Gasteiger charge is -2.45. The molecule has 3 saturated carbocycles. The van der Waals surface area contributed by atoms with E-state index in [-0.39, 0.29) is 16.2 Å². The van der Waals surface area contributed by atoms with E-state index in [4.69, 9.17) is 21.4 Å². The number of hydrogen-bond acceptors (Lipinski definition) is 7. The molecule has 3 fully saturated rings. The van der Waals surface area contributed by atoms with Gasteiger partial charge in [0.2, 0.25) is 15.9 Å². The standard InChI is InChI=1S/C21H21F3N6O3S.C2HF3O2/c1-11-2-3-12(34(32,33)29-20-5-4-19(9-20,10-20)18(26)31)6-13(11)14-7-27-17-16(25)28-15(8-30(14)17)21(22,23)24;3-2(4,5)1(6)7/h2-3,6-8,29H,4-5,9-10H2,1H3,(H2,25,28)(H2,26,31);(H,6,7). The molecule has 0 atom stereocenters. The Morgan fingerprint density at radius 1 is 1.12 bits per heavy atom. The third-order valence-electron chi connectivity index (χ3n) is 7.16. The molecule has 6 rings (SSSR count). The summed E-state index contributed by atoms with van der Waals surface area (Å²) in [5, 5.41) is 7.12. The summed E-state index contributed by atoms with van der Waals surface area (Å²) in [5.74, 6) is -3.57. The van der Waals surface area contributed by atoms with Gasteiger partial charge in [-0.1, -0.05) is 6.07 Å². The smallest absolute Gasteiger partial charge is 0.475 e. The lowest BCUT2D eigenvalue weighted by molar-refractivity contribution is -0.192. The maximum atomic E-state index is 13.3. The van der Waals surface area contributed by atoms with Gasteiger partial charge in [-0.15, -0.1) is 0 Å². The molecule has 3 aromatic rings. The van der Waals surface area contributed by atoms with Crippen LogP contribution in [0.2, 0.25) is 0 Å². The number of anilines is 1. The van der Waals surface area contributed by atoms with E-state index in [0.29, 0.717) is 36.8 Å². The number of halogens is 6. The molecule has 11 nitrogen and oxygen atoms in total. The second-order valence-electron chi connectivity index (χ2n) is 10.0. The van der Waals surface area contributed by atoms with Crippen molar-refractivity contribution in [2.75, 3.05) is 5.73 Å². The van der Waals surface area contributed by atoms with Gasteiger partial charge in [0.15, 0.2) is 17.2 Å². The first kappa shape index (κ1) is 30.0. The number of primary amides is 1. The number of hydrogen-bond donors (Lipinski definition) is 4. The van der Waals surface area contributed by atoms with Gasteiger partial charge in [-0.2, -0.15) is 26.3 Å². The lowest BCUT2D eigenvalue weighted by atomic mass is 9.65. The number of carboxylic acids is 1. The van der Waals surface area contributed by atoms with Gasteiger partial charge in [-0.05, 0) is 50.3 Å². The molecule has 18 heteroatoms. The highest BCUT2D eigenvalue weighted by atomic mass is 32.2. The van der Waals surface area contributed by atoms with Crippen LogP contribution in [0.15, 0.2) is 35.5 Å². The number of carbonyl (C=O) groups excluding carboxylic acids is 1. The van der Waals surface area contributed by atoms with Crippen LogP contribution in [0.25, 0.3) is 16.9 Å².